The Kier molecular flexibility index (Phi) is 12.3. The Morgan fingerprint density at radius 1 is 1.07 bits per heavy atom. The summed E-state index contributed by atoms with van der Waals surface area (Å²) in [6.45, 7) is 7.54. The third-order valence-corrected chi connectivity index (χ3v) is 13.3. The van der Waals surface area contributed by atoms with Crippen LogP contribution in [0, 0.1) is 17.8 Å². The summed E-state index contributed by atoms with van der Waals surface area (Å²) in [5, 5.41) is 7.89. The average Bonchev–Trinajstić information content (AvgIpc) is 4.08. The molecule has 6 rings (SSSR count). The fraction of sp³-hybridized carbons (Fsp3) is 0.625. The van der Waals surface area contributed by atoms with Gasteiger partial charge in [-0.2, -0.15) is 13.2 Å². The molecular formula is C40H53F3N6O8S. The predicted octanol–water partition coefficient (Wildman–Crippen LogP) is 4.88. The number of amides is 5. The van der Waals surface area contributed by atoms with Crippen LogP contribution in [-0.2, 0) is 24.4 Å². The maximum Gasteiger partial charge on any atom is 0.411 e. The highest BCUT2D eigenvalue weighted by atomic mass is 32.2. The Balaban J connectivity index is 1.35. The van der Waals surface area contributed by atoms with Crippen molar-refractivity contribution < 1.29 is 50.2 Å². The molecular weight excluding hydrogens is 782 g/mol. The van der Waals surface area contributed by atoms with E-state index in [0.717, 1.165) is 25.7 Å². The lowest BCUT2D eigenvalue weighted by molar-refractivity contribution is -0.182. The minimum Gasteiger partial charge on any atom is -0.491 e. The number of nitrogens with one attached hydrogen (secondary N) is 4. The van der Waals surface area contributed by atoms with Gasteiger partial charge in [0.15, 0.2) is 0 Å². The zero-order valence-corrected chi connectivity index (χ0v) is 34.2. The third-order valence-electron chi connectivity index (χ3n) is 11.5. The van der Waals surface area contributed by atoms with Crippen molar-refractivity contribution in [2.24, 2.45) is 17.8 Å². The molecule has 3 fully saturated rings. The van der Waals surface area contributed by atoms with Crippen molar-refractivity contribution in [1.82, 2.24) is 30.6 Å². The first-order valence-electron chi connectivity index (χ1n) is 19.9. The first kappa shape index (κ1) is 43.0. The van der Waals surface area contributed by atoms with Gasteiger partial charge < -0.3 is 30.3 Å². The highest BCUT2D eigenvalue weighted by Gasteiger charge is 2.62. The minimum atomic E-state index is -4.80. The molecule has 318 valence electrons. The number of hydrogen-bond donors (Lipinski definition) is 4. The second kappa shape index (κ2) is 16.6. The largest absolute Gasteiger partial charge is 0.491 e. The molecule has 7 atom stereocenters. The number of pyridine rings is 1. The third kappa shape index (κ3) is 9.31. The fourth-order valence-corrected chi connectivity index (χ4v) is 9.11. The van der Waals surface area contributed by atoms with E-state index in [-0.39, 0.29) is 31.2 Å². The lowest BCUT2D eigenvalue weighted by Crippen LogP contribution is -2.62. The van der Waals surface area contributed by atoms with Gasteiger partial charge in [0.2, 0.25) is 27.7 Å². The van der Waals surface area contributed by atoms with Crippen LogP contribution in [0.3, 0.4) is 0 Å². The Morgan fingerprint density at radius 2 is 1.78 bits per heavy atom. The van der Waals surface area contributed by atoms with Crippen molar-refractivity contribution in [3.05, 3.63) is 42.6 Å². The van der Waals surface area contributed by atoms with Crippen molar-refractivity contribution in [2.75, 3.05) is 13.2 Å². The number of sulfonamides is 1. The van der Waals surface area contributed by atoms with Gasteiger partial charge >= 0.3 is 12.2 Å². The van der Waals surface area contributed by atoms with Crippen molar-refractivity contribution in [1.29, 1.82) is 0 Å². The number of halogens is 3. The molecule has 0 bridgehead atoms. The number of fused-ring (bicyclic) bond motifs is 3. The minimum absolute atomic E-state index is 0.0126. The number of rotatable bonds is 10. The number of alkyl halides is 3. The standard InChI is InChI=1S/C40H53F3N6O8S/c1-6-17-56-31-21-44-34(29-14-10-9-13-28(29)31)57-26-19-30-33(50)46-39(36(52)48-58(54,55)27-15-16-27)20-25(39)12-8-7-11-23(2)18-24(3)32(35(51)49(30)22-26)45-37(53)47-38(4,5)40(41,42)43/h8-10,12-14,21,23-27,30,32H,6-7,11,15-20,22H2,1-5H3,(H,46,50)(H,48,52)(H2,45,47,53). The number of urea groups is 1. The number of nitrogens with zero attached hydrogens (tertiary/aromatic N) is 2. The molecule has 2 saturated carbocycles. The quantitative estimate of drug-likeness (QED) is 0.243. The number of hydrogen-bond acceptors (Lipinski definition) is 9. The van der Waals surface area contributed by atoms with E-state index in [0.29, 0.717) is 49.8 Å². The SMILES string of the molecule is CCCOc1cnc(OC2CC3C(=O)NC4(C(=O)NS(=O)(=O)C5CC5)CC4C=CCCC(C)CC(C)C(NC(=O)NC(C)(C)C(F)(F)F)C(=O)N3C2)c2ccccc12. The summed E-state index contributed by atoms with van der Waals surface area (Å²) >= 11 is 0. The Labute approximate surface area is 336 Å². The molecule has 2 aromatic rings. The Hall–Kier alpha value is -4.61. The molecule has 1 aromatic heterocycles. The predicted molar refractivity (Wildman–Crippen MR) is 208 cm³/mol. The van der Waals surface area contributed by atoms with Gasteiger partial charge in [-0.3, -0.25) is 19.1 Å². The molecule has 2 aliphatic carbocycles. The van der Waals surface area contributed by atoms with Gasteiger partial charge in [0.1, 0.15) is 35.0 Å². The molecule has 3 heterocycles. The summed E-state index contributed by atoms with van der Waals surface area (Å²) in [5.74, 6) is -2.75. The van der Waals surface area contributed by atoms with Gasteiger partial charge in [0.25, 0.3) is 5.91 Å². The van der Waals surface area contributed by atoms with E-state index < -0.39 is 86.3 Å². The molecule has 5 amide bonds. The van der Waals surface area contributed by atoms with E-state index in [1.165, 1.54) is 11.1 Å². The Bertz CT molecular complexity index is 2040. The van der Waals surface area contributed by atoms with Crippen LogP contribution in [0.25, 0.3) is 10.8 Å². The zero-order valence-electron chi connectivity index (χ0n) is 33.4. The van der Waals surface area contributed by atoms with Crippen LogP contribution in [-0.4, -0.2) is 95.9 Å². The second-order valence-electron chi connectivity index (χ2n) is 16.8. The highest BCUT2D eigenvalue weighted by molar-refractivity contribution is 7.91. The van der Waals surface area contributed by atoms with E-state index in [1.807, 2.05) is 37.4 Å². The molecule has 7 unspecified atom stereocenters. The maximum absolute atomic E-state index is 14.8. The van der Waals surface area contributed by atoms with Crippen LogP contribution in [0.1, 0.15) is 86.0 Å². The van der Waals surface area contributed by atoms with Gasteiger partial charge in [-0.05, 0) is 76.7 Å². The monoisotopic (exact) mass is 834 g/mol. The van der Waals surface area contributed by atoms with Gasteiger partial charge in [-0.25, -0.2) is 18.2 Å². The summed E-state index contributed by atoms with van der Waals surface area (Å²) in [5.41, 5.74) is -4.25. The summed E-state index contributed by atoms with van der Waals surface area (Å²) in [6, 6.07) is 3.40. The van der Waals surface area contributed by atoms with E-state index in [9.17, 15) is 40.8 Å². The van der Waals surface area contributed by atoms with Gasteiger partial charge in [-0.1, -0.05) is 51.1 Å². The van der Waals surface area contributed by atoms with Crippen LogP contribution in [0.2, 0.25) is 0 Å². The maximum atomic E-state index is 14.8. The van der Waals surface area contributed by atoms with E-state index in [4.69, 9.17) is 9.47 Å². The number of carbonyl (C=O) groups is 4. The summed E-state index contributed by atoms with van der Waals surface area (Å²) in [7, 11) is -3.97. The molecule has 4 N–H and O–H groups in total. The van der Waals surface area contributed by atoms with E-state index >= 15 is 0 Å². The highest BCUT2D eigenvalue weighted by Crippen LogP contribution is 2.46. The zero-order chi connectivity index (χ0) is 42.2. The Morgan fingerprint density at radius 3 is 2.45 bits per heavy atom. The van der Waals surface area contributed by atoms with Gasteiger partial charge in [-0.15, -0.1) is 0 Å². The van der Waals surface area contributed by atoms with Crippen molar-refractivity contribution in [2.45, 2.75) is 127 Å². The molecule has 4 aliphatic rings. The number of carbonyl (C=O) groups excluding carboxylic acids is 4. The van der Waals surface area contributed by atoms with E-state index in [2.05, 4.69) is 20.3 Å². The molecule has 2 aliphatic heterocycles. The van der Waals surface area contributed by atoms with Crippen LogP contribution in [0.5, 0.6) is 11.6 Å². The van der Waals surface area contributed by atoms with Crippen LogP contribution < -0.4 is 30.1 Å². The topological polar surface area (TPSA) is 185 Å². The van der Waals surface area contributed by atoms with Crippen molar-refractivity contribution in [3.8, 4) is 11.6 Å². The number of ether oxygens (including phenoxy) is 2. The molecule has 58 heavy (non-hydrogen) atoms. The van der Waals surface area contributed by atoms with E-state index in [1.54, 1.807) is 25.1 Å². The van der Waals surface area contributed by atoms with Crippen molar-refractivity contribution >= 4 is 44.5 Å². The fourth-order valence-electron chi connectivity index (χ4n) is 7.75. The number of allylic oxidation sites excluding steroid dienone is 1. The molecule has 0 spiro atoms. The molecule has 1 saturated heterocycles. The normalized spacial score (nSPS) is 28.3. The number of aromatic nitrogens is 1. The van der Waals surface area contributed by atoms with Crippen LogP contribution >= 0.6 is 0 Å². The van der Waals surface area contributed by atoms with Crippen LogP contribution in [0.15, 0.2) is 42.6 Å². The first-order chi connectivity index (χ1) is 27.3. The summed E-state index contributed by atoms with van der Waals surface area (Å²) in [4.78, 5) is 62.0. The van der Waals surface area contributed by atoms with Crippen molar-refractivity contribution in [3.63, 3.8) is 0 Å². The van der Waals surface area contributed by atoms with Gasteiger partial charge in [0.05, 0.1) is 24.6 Å². The van der Waals surface area contributed by atoms with Gasteiger partial charge in [0, 0.05) is 23.1 Å². The first-order valence-corrected chi connectivity index (χ1v) is 21.5. The summed E-state index contributed by atoms with van der Waals surface area (Å²) < 4.78 is 81.7. The summed E-state index contributed by atoms with van der Waals surface area (Å²) in [6.07, 6.45) is 2.78. The molecule has 18 heteroatoms. The lowest BCUT2D eigenvalue weighted by Gasteiger charge is -2.34. The molecule has 1 aromatic carbocycles. The lowest BCUT2D eigenvalue weighted by atomic mass is 9.88. The number of benzene rings is 1. The van der Waals surface area contributed by atoms with Crippen LogP contribution in [0.4, 0.5) is 18.0 Å². The molecule has 14 nitrogen and oxygen atoms in total. The molecule has 0 radical (unpaired) electrons. The smallest absolute Gasteiger partial charge is 0.411 e. The average molecular weight is 835 g/mol. The second-order valence-corrected chi connectivity index (χ2v) is 18.7.